The summed E-state index contributed by atoms with van der Waals surface area (Å²) in [5, 5.41) is 3.91. The lowest BCUT2D eigenvalue weighted by Crippen LogP contribution is -2.28. The van der Waals surface area contributed by atoms with E-state index in [0.717, 1.165) is 22.7 Å². The SMILES string of the molecule is Cc1[nH]c2c(F)cc(F)cc2c1CCNC(=O)Oc1cc2ccccc2o1. The van der Waals surface area contributed by atoms with E-state index in [-0.39, 0.29) is 18.0 Å². The Morgan fingerprint density at radius 2 is 2.04 bits per heavy atom. The number of H-pyrrole nitrogens is 1. The number of halogens is 2. The number of fused-ring (bicyclic) bond motifs is 2. The van der Waals surface area contributed by atoms with Crippen molar-refractivity contribution in [1.82, 2.24) is 10.3 Å². The molecular weight excluding hydrogens is 354 g/mol. The molecule has 7 heteroatoms. The number of hydrogen-bond donors (Lipinski definition) is 2. The van der Waals surface area contributed by atoms with Crippen LogP contribution in [0.15, 0.2) is 46.9 Å². The molecule has 2 N–H and O–H groups in total. The average Bonchev–Trinajstić information content (AvgIpc) is 3.16. The number of ether oxygens (including phenoxy) is 1. The molecule has 0 aliphatic heterocycles. The number of rotatable bonds is 4. The molecule has 1 amide bonds. The number of para-hydroxylation sites is 1. The van der Waals surface area contributed by atoms with Crippen LogP contribution in [-0.2, 0) is 6.42 Å². The molecule has 0 atom stereocenters. The number of carbonyl (C=O) groups is 1. The molecule has 0 unspecified atom stereocenters. The van der Waals surface area contributed by atoms with Crippen LogP contribution in [-0.4, -0.2) is 17.6 Å². The summed E-state index contributed by atoms with van der Waals surface area (Å²) in [5.74, 6) is -1.18. The minimum atomic E-state index is -0.663. The van der Waals surface area contributed by atoms with Crippen LogP contribution in [0.5, 0.6) is 5.95 Å². The predicted octanol–water partition coefficient (Wildman–Crippen LogP) is 4.83. The highest BCUT2D eigenvalue weighted by molar-refractivity contribution is 5.85. The maximum atomic E-state index is 13.8. The van der Waals surface area contributed by atoms with Crippen LogP contribution in [0.1, 0.15) is 11.3 Å². The summed E-state index contributed by atoms with van der Waals surface area (Å²) in [4.78, 5) is 14.9. The first kappa shape index (κ1) is 17.1. The van der Waals surface area contributed by atoms with Crippen LogP contribution in [0.25, 0.3) is 21.9 Å². The quantitative estimate of drug-likeness (QED) is 0.541. The molecule has 2 heterocycles. The van der Waals surface area contributed by atoms with Gasteiger partial charge in [-0.1, -0.05) is 18.2 Å². The first-order chi connectivity index (χ1) is 13.0. The molecule has 2 aromatic carbocycles. The number of carbonyl (C=O) groups excluding carboxylic acids is 1. The number of aromatic amines is 1. The van der Waals surface area contributed by atoms with Crippen molar-refractivity contribution >= 4 is 28.0 Å². The summed E-state index contributed by atoms with van der Waals surface area (Å²) >= 11 is 0. The molecule has 0 fully saturated rings. The van der Waals surface area contributed by atoms with Crippen LogP contribution in [0.4, 0.5) is 13.6 Å². The number of benzene rings is 2. The Hall–Kier alpha value is -3.35. The summed E-state index contributed by atoms with van der Waals surface area (Å²) < 4.78 is 37.9. The standard InChI is InChI=1S/C20H16F2N2O3/c1-11-14(15-9-13(21)10-16(22)19(15)24-11)6-7-23-20(25)27-18-8-12-4-2-3-5-17(12)26-18/h2-5,8-10,24H,6-7H2,1H3,(H,23,25). The smallest absolute Gasteiger partial charge is 0.415 e. The molecule has 0 bridgehead atoms. The minimum absolute atomic E-state index is 0.0983. The largest absolute Gasteiger partial charge is 0.425 e. The second-order valence-corrected chi connectivity index (χ2v) is 6.21. The summed E-state index contributed by atoms with van der Waals surface area (Å²) in [7, 11) is 0. The highest BCUT2D eigenvalue weighted by Gasteiger charge is 2.14. The second-order valence-electron chi connectivity index (χ2n) is 6.21. The second kappa shape index (κ2) is 6.75. The monoisotopic (exact) mass is 370 g/mol. The summed E-state index contributed by atoms with van der Waals surface area (Å²) in [5.41, 5.74) is 2.35. The summed E-state index contributed by atoms with van der Waals surface area (Å²) in [6, 6.07) is 11.1. The van der Waals surface area contributed by atoms with E-state index >= 15 is 0 Å². The maximum absolute atomic E-state index is 13.8. The number of furan rings is 1. The molecule has 27 heavy (non-hydrogen) atoms. The lowest BCUT2D eigenvalue weighted by molar-refractivity contribution is 0.189. The van der Waals surface area contributed by atoms with Crippen molar-refractivity contribution in [2.24, 2.45) is 0 Å². The Balaban J connectivity index is 1.41. The summed E-state index contributed by atoms with van der Waals surface area (Å²) in [6.07, 6.45) is -0.270. The van der Waals surface area contributed by atoms with Crippen LogP contribution >= 0.6 is 0 Å². The molecule has 0 aliphatic carbocycles. The molecule has 138 valence electrons. The third kappa shape index (κ3) is 3.36. The number of aryl methyl sites for hydroxylation is 1. The Morgan fingerprint density at radius 3 is 2.85 bits per heavy atom. The van der Waals surface area contributed by atoms with Crippen molar-refractivity contribution in [2.45, 2.75) is 13.3 Å². The predicted molar refractivity (Wildman–Crippen MR) is 96.9 cm³/mol. The molecule has 4 aromatic rings. The molecule has 0 spiro atoms. The average molecular weight is 370 g/mol. The van der Waals surface area contributed by atoms with E-state index < -0.39 is 17.7 Å². The molecule has 0 aliphatic rings. The van der Waals surface area contributed by atoms with Gasteiger partial charge in [0.2, 0.25) is 0 Å². The molecule has 4 rings (SSSR count). The Morgan fingerprint density at radius 1 is 1.22 bits per heavy atom. The van der Waals surface area contributed by atoms with Gasteiger partial charge < -0.3 is 19.5 Å². The first-order valence-corrected chi connectivity index (χ1v) is 8.42. The Kier molecular flexibility index (Phi) is 4.27. The van der Waals surface area contributed by atoms with Gasteiger partial charge in [0.05, 0.1) is 5.52 Å². The van der Waals surface area contributed by atoms with Gasteiger partial charge in [-0.3, -0.25) is 0 Å². The normalized spacial score (nSPS) is 11.2. The zero-order chi connectivity index (χ0) is 19.0. The molecule has 0 radical (unpaired) electrons. The van der Waals surface area contributed by atoms with Gasteiger partial charge in [0.25, 0.3) is 5.95 Å². The van der Waals surface area contributed by atoms with E-state index in [0.29, 0.717) is 17.4 Å². The van der Waals surface area contributed by atoms with Gasteiger partial charge in [-0.25, -0.2) is 13.6 Å². The van der Waals surface area contributed by atoms with E-state index in [1.54, 1.807) is 19.1 Å². The van der Waals surface area contributed by atoms with Crippen molar-refractivity contribution in [2.75, 3.05) is 6.54 Å². The van der Waals surface area contributed by atoms with Crippen LogP contribution in [0.3, 0.4) is 0 Å². The van der Waals surface area contributed by atoms with E-state index in [4.69, 9.17) is 9.15 Å². The number of aromatic nitrogens is 1. The zero-order valence-corrected chi connectivity index (χ0v) is 14.4. The third-order valence-corrected chi connectivity index (χ3v) is 4.39. The maximum Gasteiger partial charge on any atom is 0.415 e. The first-order valence-electron chi connectivity index (χ1n) is 8.42. The molecule has 2 aromatic heterocycles. The van der Waals surface area contributed by atoms with Crippen LogP contribution in [0.2, 0.25) is 0 Å². The number of amides is 1. The third-order valence-electron chi connectivity index (χ3n) is 4.39. The highest BCUT2D eigenvalue weighted by Crippen LogP contribution is 2.26. The van der Waals surface area contributed by atoms with Gasteiger partial charge in [0, 0.05) is 35.1 Å². The fraction of sp³-hybridized carbons (Fsp3) is 0.150. The molecule has 5 nitrogen and oxygen atoms in total. The van der Waals surface area contributed by atoms with Gasteiger partial charge in [0.1, 0.15) is 17.2 Å². The van der Waals surface area contributed by atoms with Gasteiger partial charge in [-0.15, -0.1) is 0 Å². The number of nitrogens with one attached hydrogen (secondary N) is 2. The molecule has 0 saturated heterocycles. The van der Waals surface area contributed by atoms with Gasteiger partial charge in [-0.05, 0) is 31.0 Å². The zero-order valence-electron chi connectivity index (χ0n) is 14.4. The Labute approximate surface area is 152 Å². The van der Waals surface area contributed by atoms with Crippen LogP contribution < -0.4 is 10.1 Å². The fourth-order valence-corrected chi connectivity index (χ4v) is 3.15. The van der Waals surface area contributed by atoms with Crippen LogP contribution in [0, 0.1) is 18.6 Å². The van der Waals surface area contributed by atoms with Crippen molar-refractivity contribution in [3.63, 3.8) is 0 Å². The topological polar surface area (TPSA) is 67.3 Å². The number of hydrogen-bond acceptors (Lipinski definition) is 3. The van der Waals surface area contributed by atoms with E-state index in [2.05, 4.69) is 10.3 Å². The van der Waals surface area contributed by atoms with Gasteiger partial charge >= 0.3 is 6.09 Å². The van der Waals surface area contributed by atoms with Crippen molar-refractivity contribution in [3.05, 3.63) is 65.4 Å². The minimum Gasteiger partial charge on any atom is -0.425 e. The lowest BCUT2D eigenvalue weighted by atomic mass is 10.1. The fourth-order valence-electron chi connectivity index (χ4n) is 3.15. The van der Waals surface area contributed by atoms with Gasteiger partial charge in [0.15, 0.2) is 0 Å². The van der Waals surface area contributed by atoms with E-state index in [9.17, 15) is 13.6 Å². The lowest BCUT2D eigenvalue weighted by Gasteiger charge is -2.05. The van der Waals surface area contributed by atoms with Crippen molar-refractivity contribution in [3.8, 4) is 5.95 Å². The molecular formula is C20H16F2N2O3. The van der Waals surface area contributed by atoms with E-state index in [1.165, 1.54) is 6.07 Å². The van der Waals surface area contributed by atoms with Gasteiger partial charge in [-0.2, -0.15) is 0 Å². The summed E-state index contributed by atoms with van der Waals surface area (Å²) in [6.45, 7) is 2.02. The molecule has 0 saturated carbocycles. The van der Waals surface area contributed by atoms with Crippen molar-refractivity contribution < 1.29 is 22.7 Å². The van der Waals surface area contributed by atoms with E-state index in [1.807, 2.05) is 18.2 Å². The van der Waals surface area contributed by atoms with Crippen molar-refractivity contribution in [1.29, 1.82) is 0 Å². The highest BCUT2D eigenvalue weighted by atomic mass is 19.1. The Bertz CT molecular complexity index is 1110.